The standard InChI is InChI=1S/C32H44N8O2.C4H9N.C2H2/c1-5-36-30(42)25-12-13-27-24(16-25)11-10-23(15-20(2)3)21(4)32(27,31(34)38-39-35)17-28(22-8-9-22)37-19-29(41)40-14-6-7-26(40)18-33;1-3-5-4-2;1-2/h12-13,15-16,22,26,28,37H,5-11,14,17,19H2,1-4H3,(H,36,42)(H3,34,35,38);3,5H,1,4H2,2H3;1-2H. The van der Waals surface area contributed by atoms with Crippen LogP contribution in [0.1, 0.15) is 94.6 Å². The van der Waals surface area contributed by atoms with Crippen LogP contribution in [-0.4, -0.2) is 60.8 Å². The van der Waals surface area contributed by atoms with Crippen LogP contribution in [-0.2, 0) is 16.6 Å². The molecule has 3 unspecified atom stereocenters. The summed E-state index contributed by atoms with van der Waals surface area (Å²) in [6.07, 6.45) is 17.4. The molecule has 0 radical (unpaired) electrons. The Morgan fingerprint density at radius 3 is 2.49 bits per heavy atom. The van der Waals surface area contributed by atoms with E-state index in [1.54, 1.807) is 11.1 Å². The van der Waals surface area contributed by atoms with Crippen molar-refractivity contribution in [3.8, 4) is 18.9 Å². The predicted molar refractivity (Wildman–Crippen MR) is 197 cm³/mol. The molecular weight excluding hydrogens is 614 g/mol. The molecule has 0 aromatic heterocycles. The van der Waals surface area contributed by atoms with E-state index in [2.05, 4.69) is 78.6 Å². The number of nitrogens with two attached hydrogens (primary N) is 1. The number of nitrogens with zero attached hydrogens (tertiary/aromatic N) is 4. The zero-order valence-electron chi connectivity index (χ0n) is 29.9. The van der Waals surface area contributed by atoms with Crippen LogP contribution in [0.4, 0.5) is 0 Å². The van der Waals surface area contributed by atoms with Crippen molar-refractivity contribution >= 4 is 17.6 Å². The van der Waals surface area contributed by atoms with Crippen LogP contribution in [0.15, 0.2) is 64.1 Å². The Morgan fingerprint density at radius 1 is 1.22 bits per heavy atom. The second kappa shape index (κ2) is 19.9. The smallest absolute Gasteiger partial charge is 0.251 e. The molecule has 2 amide bonds. The number of allylic oxidation sites excluding steroid dienone is 3. The second-order valence-electron chi connectivity index (χ2n) is 12.7. The maximum atomic E-state index is 13.2. The van der Waals surface area contributed by atoms with E-state index in [-0.39, 0.29) is 36.3 Å². The lowest BCUT2D eigenvalue weighted by Gasteiger charge is -2.39. The van der Waals surface area contributed by atoms with Crippen molar-refractivity contribution in [3.63, 3.8) is 0 Å². The molecule has 2 aliphatic carbocycles. The van der Waals surface area contributed by atoms with Crippen molar-refractivity contribution < 1.29 is 9.59 Å². The fraction of sp³-hybridized carbons (Fsp3) is 0.526. The van der Waals surface area contributed by atoms with Crippen molar-refractivity contribution in [3.05, 3.63) is 70.5 Å². The van der Waals surface area contributed by atoms with Gasteiger partial charge in [-0.25, -0.2) is 0 Å². The number of amides is 2. The highest BCUT2D eigenvalue weighted by atomic mass is 16.2. The third-order valence-electron chi connectivity index (χ3n) is 9.28. The number of benzene rings is 1. The largest absolute Gasteiger partial charge is 0.392 e. The molecule has 6 N–H and O–H groups in total. The zero-order chi connectivity index (χ0) is 36.6. The molecule has 1 saturated carbocycles. The number of nitrogens with one attached hydrogen (secondary N) is 4. The van der Waals surface area contributed by atoms with Gasteiger partial charge in [0.15, 0.2) is 5.84 Å². The Morgan fingerprint density at radius 2 is 1.94 bits per heavy atom. The summed E-state index contributed by atoms with van der Waals surface area (Å²) in [6.45, 7) is 15.8. The molecular formula is C38H55N9O2. The van der Waals surface area contributed by atoms with E-state index in [1.807, 2.05) is 32.0 Å². The first kappa shape index (κ1) is 40.4. The molecule has 49 heavy (non-hydrogen) atoms. The number of aryl methyl sites for hydroxylation is 1. The Bertz CT molecular complexity index is 1480. The molecule has 2 fully saturated rings. The number of terminal acetylenes is 1. The van der Waals surface area contributed by atoms with Gasteiger partial charge in [0.1, 0.15) is 6.04 Å². The molecule has 11 nitrogen and oxygen atoms in total. The Balaban J connectivity index is 0.00000109. The van der Waals surface area contributed by atoms with Crippen LogP contribution in [0, 0.1) is 35.5 Å². The van der Waals surface area contributed by atoms with Gasteiger partial charge in [0.05, 0.1) is 18.0 Å². The van der Waals surface area contributed by atoms with Crippen molar-refractivity contribution in [1.82, 2.24) is 20.9 Å². The number of carbonyl (C=O) groups is 2. The molecule has 1 aromatic rings. The van der Waals surface area contributed by atoms with Gasteiger partial charge in [0.25, 0.3) is 5.91 Å². The average molecular weight is 670 g/mol. The number of nitriles is 1. The quantitative estimate of drug-likeness (QED) is 0.0493. The molecule has 4 rings (SSSR count). The van der Waals surface area contributed by atoms with E-state index in [1.165, 1.54) is 0 Å². The first-order chi connectivity index (χ1) is 23.6. The summed E-state index contributed by atoms with van der Waals surface area (Å²) in [7, 11) is 0. The van der Waals surface area contributed by atoms with Gasteiger partial charge in [-0.2, -0.15) is 5.26 Å². The van der Waals surface area contributed by atoms with Gasteiger partial charge >= 0.3 is 0 Å². The van der Waals surface area contributed by atoms with E-state index in [4.69, 9.17) is 5.84 Å². The third kappa shape index (κ3) is 10.4. The lowest BCUT2D eigenvalue weighted by molar-refractivity contribution is -0.130. The minimum atomic E-state index is -0.970. The monoisotopic (exact) mass is 669 g/mol. The lowest BCUT2D eigenvalue weighted by atomic mass is 9.67. The number of carbonyl (C=O) groups excluding carboxylic acids is 2. The molecule has 3 aliphatic rings. The predicted octanol–water partition coefficient (Wildman–Crippen LogP) is 5.47. The van der Waals surface area contributed by atoms with Gasteiger partial charge in [-0.1, -0.05) is 35.1 Å². The molecule has 1 aliphatic heterocycles. The number of amidine groups is 1. The highest BCUT2D eigenvalue weighted by Gasteiger charge is 2.48. The molecule has 3 atom stereocenters. The molecule has 0 spiro atoms. The van der Waals surface area contributed by atoms with Crippen LogP contribution >= 0.6 is 0 Å². The first-order valence-electron chi connectivity index (χ1n) is 17.1. The third-order valence-corrected chi connectivity index (χ3v) is 9.28. The van der Waals surface area contributed by atoms with Gasteiger partial charge in [0, 0.05) is 31.2 Å². The summed E-state index contributed by atoms with van der Waals surface area (Å²) in [4.78, 5) is 27.6. The molecule has 1 heterocycles. The number of hydrogen-bond donors (Lipinski definition) is 5. The fourth-order valence-corrected chi connectivity index (χ4v) is 6.79. The summed E-state index contributed by atoms with van der Waals surface area (Å²) >= 11 is 0. The minimum Gasteiger partial charge on any atom is -0.392 e. The van der Waals surface area contributed by atoms with Crippen LogP contribution in [0.2, 0.25) is 0 Å². The van der Waals surface area contributed by atoms with Gasteiger partial charge in [-0.15, -0.1) is 18.0 Å². The van der Waals surface area contributed by atoms with Gasteiger partial charge in [-0.05, 0) is 121 Å². The maximum absolute atomic E-state index is 13.2. The molecule has 1 saturated heterocycles. The molecule has 264 valence electrons. The topological polar surface area (TPSA) is 172 Å². The summed E-state index contributed by atoms with van der Waals surface area (Å²) in [6, 6.07) is 7.54. The van der Waals surface area contributed by atoms with Crippen LogP contribution < -0.4 is 21.8 Å². The fourth-order valence-electron chi connectivity index (χ4n) is 6.79. The van der Waals surface area contributed by atoms with Crippen molar-refractivity contribution in [2.75, 3.05) is 26.2 Å². The number of hydrogen-bond acceptors (Lipinski definition) is 7. The van der Waals surface area contributed by atoms with Crippen molar-refractivity contribution in [1.29, 1.82) is 10.7 Å². The Labute approximate surface area is 293 Å². The van der Waals surface area contributed by atoms with Gasteiger partial charge < -0.3 is 26.7 Å². The summed E-state index contributed by atoms with van der Waals surface area (Å²) in [5.74, 6) is 5.75. The van der Waals surface area contributed by atoms with Gasteiger partial charge in [0.2, 0.25) is 5.91 Å². The van der Waals surface area contributed by atoms with Crippen molar-refractivity contribution in [2.45, 2.75) is 97.1 Å². The summed E-state index contributed by atoms with van der Waals surface area (Å²) < 4.78 is 0. The maximum Gasteiger partial charge on any atom is 0.251 e. The Kier molecular flexibility index (Phi) is 16.4. The number of likely N-dealkylation sites (tertiary alicyclic amines) is 1. The molecule has 1 aromatic carbocycles. The summed E-state index contributed by atoms with van der Waals surface area (Å²) in [5, 5.41) is 35.8. The number of fused-ring (bicyclic) bond motifs is 1. The van der Waals surface area contributed by atoms with E-state index in [9.17, 15) is 20.3 Å². The second-order valence-corrected chi connectivity index (χ2v) is 12.7. The zero-order valence-corrected chi connectivity index (χ0v) is 29.9. The first-order valence-corrected chi connectivity index (χ1v) is 17.1. The highest BCUT2D eigenvalue weighted by molar-refractivity contribution is 5.97. The van der Waals surface area contributed by atoms with Crippen LogP contribution in [0.25, 0.3) is 0 Å². The van der Waals surface area contributed by atoms with Crippen LogP contribution in [0.5, 0.6) is 0 Å². The van der Waals surface area contributed by atoms with Crippen LogP contribution in [0.3, 0.4) is 0 Å². The highest BCUT2D eigenvalue weighted by Crippen LogP contribution is 2.48. The SMILES string of the molecule is C#C.C=CNCC.CCNC(=O)c1ccc2c(c1)CCC(C=C(C)C)=C(C)C2(CC(NCC(=O)N1CCCC1C#N)C1CC1)C(=N)N=NN. The van der Waals surface area contributed by atoms with Gasteiger partial charge in [-0.3, -0.25) is 15.0 Å². The Hall–Kier alpha value is -4.74. The molecule has 11 heteroatoms. The average Bonchev–Trinajstić information content (AvgIpc) is 3.85. The van der Waals surface area contributed by atoms with Crippen molar-refractivity contribution in [2.24, 2.45) is 22.1 Å². The summed E-state index contributed by atoms with van der Waals surface area (Å²) in [5.41, 5.74) is 4.81. The lowest BCUT2D eigenvalue weighted by Crippen LogP contribution is -2.48. The number of rotatable bonds is 12. The normalized spacial score (nSPS) is 20.2. The molecule has 0 bridgehead atoms. The minimum absolute atomic E-state index is 0.0407. The van der Waals surface area contributed by atoms with E-state index in [0.29, 0.717) is 43.8 Å². The van der Waals surface area contributed by atoms with E-state index >= 15 is 0 Å². The van der Waals surface area contributed by atoms with E-state index in [0.717, 1.165) is 60.1 Å². The van der Waals surface area contributed by atoms with E-state index < -0.39 is 5.41 Å².